The molecular weight excluding hydrogens is 272 g/mol. The Morgan fingerprint density at radius 2 is 1.75 bits per heavy atom. The third-order valence-electron chi connectivity index (χ3n) is 3.29. The van der Waals surface area contributed by atoms with E-state index in [0.29, 0.717) is 11.4 Å². The van der Waals surface area contributed by atoms with Crippen LogP contribution in [0.2, 0.25) is 5.02 Å². The summed E-state index contributed by atoms with van der Waals surface area (Å²) in [4.78, 5) is 12.2. The summed E-state index contributed by atoms with van der Waals surface area (Å²) in [5.41, 5.74) is 1.85. The van der Waals surface area contributed by atoms with Crippen LogP contribution in [0.15, 0.2) is 59.7 Å². The molecule has 2 aromatic rings. The van der Waals surface area contributed by atoms with Crippen molar-refractivity contribution >= 4 is 29.4 Å². The summed E-state index contributed by atoms with van der Waals surface area (Å²) in [7, 11) is 0. The summed E-state index contributed by atoms with van der Waals surface area (Å²) < 4.78 is 0. The topological polar surface area (TPSA) is 32.7 Å². The number of hydrogen-bond acceptors (Lipinski definition) is 2. The van der Waals surface area contributed by atoms with Crippen LogP contribution in [0.3, 0.4) is 0 Å². The minimum atomic E-state index is -0.0105. The molecule has 0 saturated heterocycles. The largest absolute Gasteiger partial charge is 0.273 e. The number of amides is 1. The van der Waals surface area contributed by atoms with E-state index in [9.17, 15) is 4.79 Å². The number of hydrogen-bond donors (Lipinski definition) is 0. The molecule has 1 atom stereocenters. The molecule has 0 fully saturated rings. The van der Waals surface area contributed by atoms with E-state index in [-0.39, 0.29) is 11.8 Å². The van der Waals surface area contributed by atoms with Crippen LogP contribution in [0.1, 0.15) is 17.9 Å². The highest BCUT2D eigenvalue weighted by Crippen LogP contribution is 2.26. The Morgan fingerprint density at radius 1 is 1.05 bits per heavy atom. The lowest BCUT2D eigenvalue weighted by Gasteiger charge is -2.24. The van der Waals surface area contributed by atoms with Crippen molar-refractivity contribution in [1.29, 1.82) is 0 Å². The molecule has 1 aliphatic heterocycles. The van der Waals surface area contributed by atoms with E-state index in [1.807, 2.05) is 36.5 Å². The maximum absolute atomic E-state index is 12.2. The maximum atomic E-state index is 12.2. The molecule has 4 heteroatoms. The van der Waals surface area contributed by atoms with Crippen LogP contribution in [0.5, 0.6) is 0 Å². The second-order valence-electron chi connectivity index (χ2n) is 4.67. The zero-order chi connectivity index (χ0) is 13.9. The SMILES string of the molecule is O=C1CC(c2ccccc2)C=NN1c1ccc(Cl)cc1. The number of carbonyl (C=O) groups excluding carboxylic acids is 1. The standard InChI is InChI=1S/C16H13ClN2O/c17-14-6-8-15(9-7-14)19-16(20)10-13(11-18-19)12-4-2-1-3-5-12/h1-9,11,13H,10H2. The number of benzene rings is 2. The maximum Gasteiger partial charge on any atom is 0.248 e. The molecule has 0 radical (unpaired) electrons. The Hall–Kier alpha value is -2.13. The van der Waals surface area contributed by atoms with Crippen molar-refractivity contribution in [2.24, 2.45) is 5.10 Å². The minimum Gasteiger partial charge on any atom is -0.273 e. The van der Waals surface area contributed by atoms with Gasteiger partial charge in [0.15, 0.2) is 0 Å². The molecule has 2 aromatic carbocycles. The van der Waals surface area contributed by atoms with E-state index < -0.39 is 0 Å². The van der Waals surface area contributed by atoms with Crippen molar-refractivity contribution in [2.75, 3.05) is 5.01 Å². The van der Waals surface area contributed by atoms with Crippen molar-refractivity contribution in [1.82, 2.24) is 0 Å². The molecule has 0 N–H and O–H groups in total. The molecule has 0 saturated carbocycles. The van der Waals surface area contributed by atoms with Gasteiger partial charge in [-0.25, -0.2) is 5.01 Å². The predicted octanol–water partition coefficient (Wildman–Crippen LogP) is 3.85. The highest BCUT2D eigenvalue weighted by atomic mass is 35.5. The van der Waals surface area contributed by atoms with Crippen LogP contribution >= 0.6 is 11.6 Å². The molecule has 3 nitrogen and oxygen atoms in total. The van der Waals surface area contributed by atoms with Gasteiger partial charge in [-0.05, 0) is 29.8 Å². The monoisotopic (exact) mass is 284 g/mol. The Kier molecular flexibility index (Phi) is 3.52. The summed E-state index contributed by atoms with van der Waals surface area (Å²) in [6, 6.07) is 17.0. The summed E-state index contributed by atoms with van der Waals surface area (Å²) in [5, 5.41) is 6.35. The summed E-state index contributed by atoms with van der Waals surface area (Å²) >= 11 is 5.85. The lowest BCUT2D eigenvalue weighted by molar-refractivity contribution is -0.119. The molecular formula is C16H13ClN2O. The second kappa shape index (κ2) is 5.47. The van der Waals surface area contributed by atoms with Gasteiger partial charge in [0.2, 0.25) is 5.91 Å². The van der Waals surface area contributed by atoms with Gasteiger partial charge in [0.25, 0.3) is 0 Å². The number of nitrogens with zero attached hydrogens (tertiary/aromatic N) is 2. The highest BCUT2D eigenvalue weighted by molar-refractivity contribution is 6.30. The van der Waals surface area contributed by atoms with Crippen LogP contribution < -0.4 is 5.01 Å². The van der Waals surface area contributed by atoms with E-state index in [1.165, 1.54) is 5.01 Å². The summed E-state index contributed by atoms with van der Waals surface area (Å²) in [5.74, 6) is 0.0379. The fraction of sp³-hybridized carbons (Fsp3) is 0.125. The normalized spacial score (nSPS) is 18.4. The van der Waals surface area contributed by atoms with Crippen LogP contribution in [-0.2, 0) is 4.79 Å². The zero-order valence-corrected chi connectivity index (χ0v) is 11.5. The molecule has 1 amide bonds. The van der Waals surface area contributed by atoms with Crippen molar-refractivity contribution in [3.05, 3.63) is 65.2 Å². The Bertz CT molecular complexity index is 637. The number of halogens is 1. The van der Waals surface area contributed by atoms with Crippen molar-refractivity contribution in [2.45, 2.75) is 12.3 Å². The fourth-order valence-corrected chi connectivity index (χ4v) is 2.36. The minimum absolute atomic E-state index is 0.0105. The van der Waals surface area contributed by atoms with Crippen molar-refractivity contribution in [3.8, 4) is 0 Å². The predicted molar refractivity (Wildman–Crippen MR) is 81.2 cm³/mol. The first-order valence-corrected chi connectivity index (χ1v) is 6.79. The third kappa shape index (κ3) is 2.58. The van der Waals surface area contributed by atoms with Gasteiger partial charge in [-0.15, -0.1) is 0 Å². The van der Waals surface area contributed by atoms with E-state index >= 15 is 0 Å². The first-order chi connectivity index (χ1) is 9.74. The first-order valence-electron chi connectivity index (χ1n) is 6.41. The van der Waals surface area contributed by atoms with Gasteiger partial charge in [0, 0.05) is 23.6 Å². The number of hydrazone groups is 1. The Balaban J connectivity index is 1.84. The van der Waals surface area contributed by atoms with Crippen LogP contribution in [-0.4, -0.2) is 12.1 Å². The van der Waals surface area contributed by atoms with E-state index in [1.54, 1.807) is 24.3 Å². The molecule has 3 rings (SSSR count). The molecule has 0 aromatic heterocycles. The Morgan fingerprint density at radius 3 is 2.40 bits per heavy atom. The zero-order valence-electron chi connectivity index (χ0n) is 10.7. The number of carbonyl (C=O) groups is 1. The molecule has 0 bridgehead atoms. The fourth-order valence-electron chi connectivity index (χ4n) is 2.24. The van der Waals surface area contributed by atoms with Gasteiger partial charge in [0.1, 0.15) is 0 Å². The van der Waals surface area contributed by atoms with Gasteiger partial charge >= 0.3 is 0 Å². The molecule has 1 heterocycles. The molecule has 20 heavy (non-hydrogen) atoms. The number of anilines is 1. The lowest BCUT2D eigenvalue weighted by atomic mass is 9.95. The van der Waals surface area contributed by atoms with E-state index in [2.05, 4.69) is 5.10 Å². The molecule has 0 spiro atoms. The van der Waals surface area contributed by atoms with Crippen LogP contribution in [0, 0.1) is 0 Å². The van der Waals surface area contributed by atoms with Gasteiger partial charge in [0.05, 0.1) is 5.69 Å². The molecule has 100 valence electrons. The summed E-state index contributed by atoms with van der Waals surface area (Å²) in [6.45, 7) is 0. The quantitative estimate of drug-likeness (QED) is 0.824. The Labute approximate surface area is 122 Å². The van der Waals surface area contributed by atoms with Crippen LogP contribution in [0.25, 0.3) is 0 Å². The number of rotatable bonds is 2. The second-order valence-corrected chi connectivity index (χ2v) is 5.10. The molecule has 0 aliphatic carbocycles. The third-order valence-corrected chi connectivity index (χ3v) is 3.54. The van der Waals surface area contributed by atoms with Crippen LogP contribution in [0.4, 0.5) is 5.69 Å². The van der Waals surface area contributed by atoms with Gasteiger partial charge in [-0.3, -0.25) is 4.79 Å². The average molecular weight is 285 g/mol. The lowest BCUT2D eigenvalue weighted by Crippen LogP contribution is -2.31. The average Bonchev–Trinajstić information content (AvgIpc) is 2.49. The first kappa shape index (κ1) is 12.9. The van der Waals surface area contributed by atoms with Crippen molar-refractivity contribution in [3.63, 3.8) is 0 Å². The smallest absolute Gasteiger partial charge is 0.248 e. The van der Waals surface area contributed by atoms with E-state index in [4.69, 9.17) is 11.6 Å². The van der Waals surface area contributed by atoms with E-state index in [0.717, 1.165) is 11.3 Å². The van der Waals surface area contributed by atoms with Gasteiger partial charge in [-0.1, -0.05) is 41.9 Å². The molecule has 1 unspecified atom stereocenters. The summed E-state index contributed by atoms with van der Waals surface area (Å²) in [6.07, 6.45) is 2.25. The highest BCUT2D eigenvalue weighted by Gasteiger charge is 2.24. The van der Waals surface area contributed by atoms with Crippen molar-refractivity contribution < 1.29 is 4.79 Å². The van der Waals surface area contributed by atoms with Gasteiger partial charge in [-0.2, -0.15) is 5.10 Å². The molecule has 1 aliphatic rings. The van der Waals surface area contributed by atoms with Gasteiger partial charge < -0.3 is 0 Å².